The number of nitrogens with one attached hydrogen (secondary N) is 1. The van der Waals surface area contributed by atoms with E-state index in [1.165, 1.54) is 17.3 Å². The largest absolute Gasteiger partial charge is 0.342 e. The van der Waals surface area contributed by atoms with Crippen LogP contribution in [-0.4, -0.2) is 14.5 Å². The number of fused-ring (bicyclic) bond motifs is 2. The van der Waals surface area contributed by atoms with Crippen molar-refractivity contribution in [2.24, 2.45) is 0 Å². The van der Waals surface area contributed by atoms with Crippen LogP contribution in [0, 0.1) is 11.3 Å². The molecule has 0 aliphatic rings. The standard InChI is InChI=1S/C25H18N4S/c26-15-20(30-25-27-22-11-5-6-12-23(22)28-25)14-19-17-29(16-18-8-2-1-3-9-18)24-13-7-4-10-21(19)24/h1-14,17H,16H2,(H,27,28)/b20-14+. The quantitative estimate of drug-likeness (QED) is 0.278. The second-order valence-electron chi connectivity index (χ2n) is 7.00. The predicted octanol–water partition coefficient (Wildman–Crippen LogP) is 6.22. The number of hydrogen-bond donors (Lipinski definition) is 1. The van der Waals surface area contributed by atoms with Gasteiger partial charge in [0.1, 0.15) is 6.07 Å². The van der Waals surface area contributed by atoms with Crippen LogP contribution in [0.25, 0.3) is 28.0 Å². The number of aromatic amines is 1. The Bertz CT molecular complexity index is 1370. The third-order valence-corrected chi connectivity index (χ3v) is 5.80. The van der Waals surface area contributed by atoms with Crippen molar-refractivity contribution in [2.75, 3.05) is 0 Å². The number of allylic oxidation sites excluding steroid dienone is 1. The van der Waals surface area contributed by atoms with E-state index in [0.717, 1.165) is 39.2 Å². The zero-order chi connectivity index (χ0) is 20.3. The zero-order valence-electron chi connectivity index (χ0n) is 16.1. The van der Waals surface area contributed by atoms with Gasteiger partial charge in [0.2, 0.25) is 0 Å². The fourth-order valence-corrected chi connectivity index (χ4v) is 4.35. The number of imidazole rings is 1. The molecule has 0 aliphatic carbocycles. The molecule has 5 rings (SSSR count). The van der Waals surface area contributed by atoms with Crippen molar-refractivity contribution in [3.63, 3.8) is 0 Å². The summed E-state index contributed by atoms with van der Waals surface area (Å²) in [6.07, 6.45) is 4.07. The van der Waals surface area contributed by atoms with Crippen molar-refractivity contribution in [1.82, 2.24) is 14.5 Å². The van der Waals surface area contributed by atoms with Crippen molar-refractivity contribution in [1.29, 1.82) is 5.26 Å². The summed E-state index contributed by atoms with van der Waals surface area (Å²) in [6.45, 7) is 0.786. The maximum atomic E-state index is 9.75. The molecule has 0 amide bonds. The van der Waals surface area contributed by atoms with Gasteiger partial charge in [-0.25, -0.2) is 4.98 Å². The summed E-state index contributed by atoms with van der Waals surface area (Å²) >= 11 is 1.36. The molecule has 0 saturated heterocycles. The van der Waals surface area contributed by atoms with Crippen LogP contribution < -0.4 is 0 Å². The summed E-state index contributed by atoms with van der Waals surface area (Å²) in [5.74, 6) is 0. The fraction of sp³-hybridized carbons (Fsp3) is 0.0400. The van der Waals surface area contributed by atoms with E-state index >= 15 is 0 Å². The summed E-state index contributed by atoms with van der Waals surface area (Å²) in [4.78, 5) is 8.45. The summed E-state index contributed by atoms with van der Waals surface area (Å²) in [6, 6.07) is 28.9. The minimum atomic E-state index is 0.594. The molecule has 3 aromatic carbocycles. The van der Waals surface area contributed by atoms with Crippen LogP contribution in [-0.2, 0) is 6.54 Å². The second-order valence-corrected chi connectivity index (χ2v) is 8.03. The van der Waals surface area contributed by atoms with Crippen molar-refractivity contribution in [3.05, 3.63) is 101 Å². The van der Waals surface area contributed by atoms with E-state index in [0.29, 0.717) is 4.91 Å². The first kappa shape index (κ1) is 18.3. The molecular formula is C25H18N4S. The van der Waals surface area contributed by atoms with Crippen LogP contribution in [0.2, 0.25) is 0 Å². The van der Waals surface area contributed by atoms with Gasteiger partial charge in [-0.15, -0.1) is 0 Å². The number of hydrogen-bond acceptors (Lipinski definition) is 3. The molecule has 2 heterocycles. The number of H-pyrrole nitrogens is 1. The second kappa shape index (κ2) is 7.94. The van der Waals surface area contributed by atoms with Gasteiger partial charge in [-0.2, -0.15) is 5.26 Å². The zero-order valence-corrected chi connectivity index (χ0v) is 16.9. The van der Waals surface area contributed by atoms with E-state index in [9.17, 15) is 5.26 Å². The molecular weight excluding hydrogens is 388 g/mol. The van der Waals surface area contributed by atoms with Gasteiger partial charge in [-0.05, 0) is 41.6 Å². The predicted molar refractivity (Wildman–Crippen MR) is 123 cm³/mol. The van der Waals surface area contributed by atoms with Crippen LogP contribution in [0.1, 0.15) is 11.1 Å². The van der Waals surface area contributed by atoms with Gasteiger partial charge in [0.15, 0.2) is 5.16 Å². The van der Waals surface area contributed by atoms with Gasteiger partial charge in [0, 0.05) is 29.2 Å². The Morgan fingerprint density at radius 3 is 2.60 bits per heavy atom. The van der Waals surface area contributed by atoms with E-state index in [1.54, 1.807) is 0 Å². The molecule has 0 unspecified atom stereocenters. The molecule has 0 spiro atoms. The number of nitriles is 1. The van der Waals surface area contributed by atoms with E-state index in [-0.39, 0.29) is 0 Å². The Morgan fingerprint density at radius 1 is 1.00 bits per heavy atom. The van der Waals surface area contributed by atoms with Crippen molar-refractivity contribution >= 4 is 39.8 Å². The minimum Gasteiger partial charge on any atom is -0.342 e. The van der Waals surface area contributed by atoms with E-state index in [4.69, 9.17) is 0 Å². The number of thioether (sulfide) groups is 1. The highest BCUT2D eigenvalue weighted by Crippen LogP contribution is 2.30. The molecule has 144 valence electrons. The Kier molecular flexibility index (Phi) is 4.84. The summed E-state index contributed by atoms with van der Waals surface area (Å²) < 4.78 is 2.23. The van der Waals surface area contributed by atoms with Gasteiger partial charge in [-0.1, -0.05) is 60.7 Å². The van der Waals surface area contributed by atoms with Crippen LogP contribution in [0.3, 0.4) is 0 Å². The van der Waals surface area contributed by atoms with Crippen molar-refractivity contribution in [2.45, 2.75) is 11.7 Å². The number of nitrogens with zero attached hydrogens (tertiary/aromatic N) is 3. The third-order valence-electron chi connectivity index (χ3n) is 4.99. The van der Waals surface area contributed by atoms with Gasteiger partial charge in [0.05, 0.1) is 15.9 Å². The fourth-order valence-electron chi connectivity index (χ4n) is 3.61. The molecule has 2 aromatic heterocycles. The van der Waals surface area contributed by atoms with Gasteiger partial charge < -0.3 is 9.55 Å². The average molecular weight is 407 g/mol. The number of aromatic nitrogens is 3. The lowest BCUT2D eigenvalue weighted by atomic mass is 10.1. The minimum absolute atomic E-state index is 0.594. The summed E-state index contributed by atoms with van der Waals surface area (Å²) in [5, 5.41) is 11.6. The van der Waals surface area contributed by atoms with Crippen LogP contribution in [0.5, 0.6) is 0 Å². The lowest BCUT2D eigenvalue weighted by Gasteiger charge is -2.05. The molecule has 4 nitrogen and oxygen atoms in total. The molecule has 5 aromatic rings. The monoisotopic (exact) mass is 406 g/mol. The van der Waals surface area contributed by atoms with Crippen LogP contribution >= 0.6 is 11.8 Å². The van der Waals surface area contributed by atoms with E-state index in [2.05, 4.69) is 63.2 Å². The Morgan fingerprint density at radius 2 is 1.77 bits per heavy atom. The Hall–Kier alpha value is -3.75. The first-order valence-corrected chi connectivity index (χ1v) is 10.5. The smallest absolute Gasteiger partial charge is 0.171 e. The molecule has 30 heavy (non-hydrogen) atoms. The SMILES string of the molecule is N#C/C(=C\c1cn(Cc2ccccc2)c2ccccc12)Sc1nc2ccccc2[nH]1. The summed E-state index contributed by atoms with van der Waals surface area (Å²) in [5.41, 5.74) is 5.29. The lowest BCUT2D eigenvalue weighted by Crippen LogP contribution is -1.97. The highest BCUT2D eigenvalue weighted by atomic mass is 32.2. The summed E-state index contributed by atoms with van der Waals surface area (Å²) in [7, 11) is 0. The maximum absolute atomic E-state index is 9.75. The average Bonchev–Trinajstić information content (AvgIpc) is 3.35. The molecule has 1 N–H and O–H groups in total. The molecule has 0 fully saturated rings. The Balaban J connectivity index is 1.51. The molecule has 0 saturated carbocycles. The topological polar surface area (TPSA) is 57.4 Å². The van der Waals surface area contributed by atoms with E-state index in [1.807, 2.05) is 48.5 Å². The van der Waals surface area contributed by atoms with Crippen molar-refractivity contribution in [3.8, 4) is 6.07 Å². The Labute approximate surface area is 178 Å². The highest BCUT2D eigenvalue weighted by molar-refractivity contribution is 8.03. The molecule has 0 bridgehead atoms. The highest BCUT2D eigenvalue weighted by Gasteiger charge is 2.10. The normalized spacial score (nSPS) is 11.8. The molecule has 0 aliphatic heterocycles. The van der Waals surface area contributed by atoms with E-state index < -0.39 is 0 Å². The molecule has 0 atom stereocenters. The van der Waals surface area contributed by atoms with Crippen LogP contribution in [0.15, 0.2) is 95.1 Å². The van der Waals surface area contributed by atoms with Gasteiger partial charge in [0.25, 0.3) is 0 Å². The lowest BCUT2D eigenvalue weighted by molar-refractivity contribution is 0.836. The number of benzene rings is 3. The van der Waals surface area contributed by atoms with Gasteiger partial charge >= 0.3 is 0 Å². The van der Waals surface area contributed by atoms with Crippen molar-refractivity contribution < 1.29 is 0 Å². The van der Waals surface area contributed by atoms with Crippen LogP contribution in [0.4, 0.5) is 0 Å². The maximum Gasteiger partial charge on any atom is 0.171 e. The first-order valence-electron chi connectivity index (χ1n) is 9.66. The molecule has 5 heteroatoms. The van der Waals surface area contributed by atoms with Gasteiger partial charge in [-0.3, -0.25) is 0 Å². The first-order chi connectivity index (χ1) is 14.8. The molecule has 0 radical (unpaired) electrons. The number of para-hydroxylation sites is 3. The number of rotatable bonds is 5. The third kappa shape index (κ3) is 3.61.